The van der Waals surface area contributed by atoms with E-state index in [1.54, 1.807) is 37.1 Å². The molecule has 1 aliphatic heterocycles. The number of carbonyl (C=O) groups excluding carboxylic acids is 3. The number of hydrogen-bond donors (Lipinski definition) is 4. The van der Waals surface area contributed by atoms with Crippen LogP contribution in [-0.2, 0) is 0 Å². The van der Waals surface area contributed by atoms with E-state index in [2.05, 4.69) is 16.0 Å². The highest BCUT2D eigenvalue weighted by Crippen LogP contribution is 2.31. The monoisotopic (exact) mass is 613 g/mol. The van der Waals surface area contributed by atoms with Gasteiger partial charge in [-0.1, -0.05) is 43.3 Å². The summed E-state index contributed by atoms with van der Waals surface area (Å²) in [6.45, 7) is 3.86. The Kier molecular flexibility index (Phi) is 9.48. The van der Waals surface area contributed by atoms with Crippen LogP contribution in [-0.4, -0.2) is 71.8 Å². The standard InChI is InChI=1S/C34H36FN5O5/c1-21-18-40(22(2)20-41)32(42)28-17-26(36-33(43)38-29-10-6-8-23-7-4-5-9-27(23)29)15-16-30(28)45-31(21)19-39(3)34(44)37-25-13-11-24(35)12-14-25/h4-17,21-22,31,41H,18-20H2,1-3H3,(H,37,44)(H2,36,38,43)/t21-,22-,31+/m1/s1. The maximum atomic E-state index is 13.8. The van der Waals surface area contributed by atoms with E-state index in [4.69, 9.17) is 4.74 Å². The molecule has 0 saturated heterocycles. The molecule has 4 aromatic rings. The van der Waals surface area contributed by atoms with Crippen LogP contribution in [0.25, 0.3) is 10.8 Å². The van der Waals surface area contributed by atoms with Gasteiger partial charge < -0.3 is 35.6 Å². The van der Waals surface area contributed by atoms with Crippen LogP contribution >= 0.6 is 0 Å². The number of urea groups is 2. The van der Waals surface area contributed by atoms with Gasteiger partial charge in [-0.3, -0.25) is 4.79 Å². The largest absolute Gasteiger partial charge is 0.487 e. The van der Waals surface area contributed by atoms with E-state index in [-0.39, 0.29) is 37.1 Å². The minimum atomic E-state index is -0.525. The summed E-state index contributed by atoms with van der Waals surface area (Å²) in [5.41, 5.74) is 1.68. The van der Waals surface area contributed by atoms with Crippen LogP contribution in [0.5, 0.6) is 5.75 Å². The second kappa shape index (κ2) is 13.6. The van der Waals surface area contributed by atoms with Gasteiger partial charge in [0.15, 0.2) is 0 Å². The molecular weight excluding hydrogens is 577 g/mol. The van der Waals surface area contributed by atoms with Gasteiger partial charge >= 0.3 is 12.1 Å². The van der Waals surface area contributed by atoms with Crippen molar-refractivity contribution in [2.75, 3.05) is 42.7 Å². The molecule has 0 fully saturated rings. The first-order valence-corrected chi connectivity index (χ1v) is 14.7. The molecule has 0 unspecified atom stereocenters. The van der Waals surface area contributed by atoms with Gasteiger partial charge in [0.2, 0.25) is 0 Å². The number of ether oxygens (including phenoxy) is 1. The van der Waals surface area contributed by atoms with Crippen LogP contribution in [0, 0.1) is 11.7 Å². The number of benzene rings is 4. The fourth-order valence-corrected chi connectivity index (χ4v) is 5.24. The normalized spacial score (nSPS) is 16.9. The van der Waals surface area contributed by atoms with Gasteiger partial charge in [0.25, 0.3) is 5.91 Å². The summed E-state index contributed by atoms with van der Waals surface area (Å²) in [6.07, 6.45) is -0.525. The summed E-state index contributed by atoms with van der Waals surface area (Å²) < 4.78 is 19.7. The van der Waals surface area contributed by atoms with Crippen molar-refractivity contribution in [2.24, 2.45) is 5.92 Å². The van der Waals surface area contributed by atoms with E-state index >= 15 is 0 Å². The number of nitrogens with one attached hydrogen (secondary N) is 3. The Balaban J connectivity index is 1.36. The second-order valence-corrected chi connectivity index (χ2v) is 11.3. The first-order chi connectivity index (χ1) is 21.6. The van der Waals surface area contributed by atoms with Crippen LogP contribution in [0.15, 0.2) is 84.9 Å². The van der Waals surface area contributed by atoms with Gasteiger partial charge in [0, 0.05) is 36.3 Å². The minimum absolute atomic E-state index is 0.177. The Bertz CT molecular complexity index is 1690. The van der Waals surface area contributed by atoms with E-state index in [1.807, 2.05) is 49.4 Å². The Morgan fingerprint density at radius 2 is 1.71 bits per heavy atom. The summed E-state index contributed by atoms with van der Waals surface area (Å²) in [7, 11) is 1.62. The van der Waals surface area contributed by atoms with Crippen molar-refractivity contribution < 1.29 is 28.6 Å². The lowest BCUT2D eigenvalue weighted by atomic mass is 9.99. The molecule has 0 radical (unpaired) electrons. The van der Waals surface area contributed by atoms with Gasteiger partial charge in [-0.25, -0.2) is 14.0 Å². The van der Waals surface area contributed by atoms with E-state index < -0.39 is 30.0 Å². The van der Waals surface area contributed by atoms with Crippen molar-refractivity contribution in [1.29, 1.82) is 0 Å². The quantitative estimate of drug-likeness (QED) is 0.203. The van der Waals surface area contributed by atoms with Crippen molar-refractivity contribution in [2.45, 2.75) is 26.0 Å². The van der Waals surface area contributed by atoms with Crippen molar-refractivity contribution in [1.82, 2.24) is 9.80 Å². The summed E-state index contributed by atoms with van der Waals surface area (Å²) in [5.74, 6) is -0.686. The number of carbonyl (C=O) groups is 3. The van der Waals surface area contributed by atoms with Crippen molar-refractivity contribution in [3.63, 3.8) is 0 Å². The molecule has 0 bridgehead atoms. The summed E-state index contributed by atoms with van der Waals surface area (Å²) in [5, 5.41) is 20.3. The zero-order valence-corrected chi connectivity index (χ0v) is 25.3. The number of nitrogens with zero attached hydrogens (tertiary/aromatic N) is 2. The van der Waals surface area contributed by atoms with Gasteiger partial charge in [-0.2, -0.15) is 0 Å². The topological polar surface area (TPSA) is 123 Å². The number of halogens is 1. The number of aliphatic hydroxyl groups excluding tert-OH is 1. The van der Waals surface area contributed by atoms with E-state index in [0.717, 1.165) is 10.8 Å². The number of aliphatic hydroxyl groups is 1. The Labute approximate surface area is 260 Å². The van der Waals surface area contributed by atoms with Gasteiger partial charge in [-0.15, -0.1) is 0 Å². The van der Waals surface area contributed by atoms with Crippen LogP contribution in [0.3, 0.4) is 0 Å². The second-order valence-electron chi connectivity index (χ2n) is 11.3. The number of hydrogen-bond acceptors (Lipinski definition) is 5. The molecule has 3 atom stereocenters. The number of rotatable bonds is 7. The number of amides is 5. The van der Waals surface area contributed by atoms with Gasteiger partial charge in [0.05, 0.1) is 30.4 Å². The fourth-order valence-electron chi connectivity index (χ4n) is 5.24. The smallest absolute Gasteiger partial charge is 0.323 e. The third-order valence-electron chi connectivity index (χ3n) is 7.86. The molecule has 0 aromatic heterocycles. The molecule has 5 rings (SSSR count). The Hall–Kier alpha value is -5.16. The zero-order chi connectivity index (χ0) is 32.1. The molecule has 0 saturated carbocycles. The summed E-state index contributed by atoms with van der Waals surface area (Å²) in [6, 6.07) is 22.2. The highest BCUT2D eigenvalue weighted by Gasteiger charge is 2.34. The van der Waals surface area contributed by atoms with Crippen LogP contribution < -0.4 is 20.7 Å². The highest BCUT2D eigenvalue weighted by atomic mass is 19.1. The predicted molar refractivity (Wildman–Crippen MR) is 172 cm³/mol. The molecule has 4 N–H and O–H groups in total. The van der Waals surface area contributed by atoms with Gasteiger partial charge in [0.1, 0.15) is 17.7 Å². The summed E-state index contributed by atoms with van der Waals surface area (Å²) >= 11 is 0. The maximum Gasteiger partial charge on any atom is 0.323 e. The van der Waals surface area contributed by atoms with Crippen LogP contribution in [0.4, 0.5) is 31.0 Å². The van der Waals surface area contributed by atoms with Crippen molar-refractivity contribution in [3.05, 3.63) is 96.3 Å². The number of fused-ring (bicyclic) bond motifs is 2. The fraction of sp³-hybridized carbons (Fsp3) is 0.265. The number of anilines is 3. The molecule has 234 valence electrons. The lowest BCUT2D eigenvalue weighted by Gasteiger charge is -2.38. The van der Waals surface area contributed by atoms with Crippen molar-refractivity contribution >= 4 is 45.8 Å². The molecule has 0 aliphatic carbocycles. The average molecular weight is 614 g/mol. The minimum Gasteiger partial charge on any atom is -0.487 e. The molecule has 5 amide bonds. The lowest BCUT2D eigenvalue weighted by Crippen LogP contribution is -2.50. The molecule has 0 spiro atoms. The lowest BCUT2D eigenvalue weighted by molar-refractivity contribution is 0.0371. The molecule has 4 aromatic carbocycles. The molecule has 1 heterocycles. The highest BCUT2D eigenvalue weighted by molar-refractivity contribution is 6.07. The SMILES string of the molecule is C[C@@H]1CN([C@H](C)CO)C(=O)c2cc(NC(=O)Nc3cccc4ccccc34)ccc2O[C@H]1CN(C)C(=O)Nc1ccc(F)cc1. The Morgan fingerprint density at radius 1 is 1.00 bits per heavy atom. The van der Waals surface area contributed by atoms with E-state index in [1.165, 1.54) is 29.2 Å². The third-order valence-corrected chi connectivity index (χ3v) is 7.86. The van der Waals surface area contributed by atoms with Crippen LogP contribution in [0.2, 0.25) is 0 Å². The first kappa shape index (κ1) is 31.3. The first-order valence-electron chi connectivity index (χ1n) is 14.7. The van der Waals surface area contributed by atoms with E-state index in [9.17, 15) is 23.9 Å². The molecular formula is C34H36FN5O5. The molecule has 10 nitrogen and oxygen atoms in total. The number of likely N-dealkylation sites (N-methyl/N-ethyl adjacent to an activating group) is 1. The summed E-state index contributed by atoms with van der Waals surface area (Å²) in [4.78, 5) is 42.7. The zero-order valence-electron chi connectivity index (χ0n) is 25.3. The van der Waals surface area contributed by atoms with Crippen LogP contribution in [0.1, 0.15) is 24.2 Å². The third kappa shape index (κ3) is 7.32. The average Bonchev–Trinajstić information content (AvgIpc) is 3.03. The Morgan fingerprint density at radius 3 is 2.47 bits per heavy atom. The predicted octanol–water partition coefficient (Wildman–Crippen LogP) is 6.01. The molecule has 11 heteroatoms. The molecule has 1 aliphatic rings. The molecule has 45 heavy (non-hydrogen) atoms. The maximum absolute atomic E-state index is 13.8. The van der Waals surface area contributed by atoms with Gasteiger partial charge in [-0.05, 0) is 60.8 Å². The van der Waals surface area contributed by atoms with Crippen molar-refractivity contribution in [3.8, 4) is 5.75 Å². The van der Waals surface area contributed by atoms with E-state index in [0.29, 0.717) is 22.8 Å².